The molecule has 0 aliphatic carbocycles. The first-order valence-electron chi connectivity index (χ1n) is 18.4. The van der Waals surface area contributed by atoms with Crippen molar-refractivity contribution in [3.8, 4) is 0 Å². The summed E-state index contributed by atoms with van der Waals surface area (Å²) < 4.78 is 24.1. The number of hydrogen-bond acceptors (Lipinski definition) is 6. The summed E-state index contributed by atoms with van der Waals surface area (Å²) in [4.78, 5) is 45.0. The van der Waals surface area contributed by atoms with Crippen LogP contribution in [0.15, 0.2) is 113 Å². The first-order valence-corrected chi connectivity index (χ1v) is 22.1. The number of hydrogen-bond donors (Lipinski definition) is 1. The molecular weight excluding hydrogens is 767 g/mol. The van der Waals surface area contributed by atoms with Gasteiger partial charge in [-0.2, -0.15) is 5.10 Å². The van der Waals surface area contributed by atoms with Crippen LogP contribution in [0.1, 0.15) is 48.4 Å². The van der Waals surface area contributed by atoms with Crippen molar-refractivity contribution in [2.75, 3.05) is 23.1 Å². The number of fused-ring (bicyclic) bond motifs is 2. The van der Waals surface area contributed by atoms with Crippen LogP contribution in [-0.2, 0) is 37.8 Å². The number of hydrazone groups is 1. The molecule has 0 unspecified atom stereocenters. The summed E-state index contributed by atoms with van der Waals surface area (Å²) >= 11 is 3.59. The molecule has 0 saturated carbocycles. The monoisotopic (exact) mass is 810 g/mol. The van der Waals surface area contributed by atoms with Crippen LogP contribution in [0.2, 0.25) is 18.6 Å². The van der Waals surface area contributed by atoms with Gasteiger partial charge in [-0.3, -0.25) is 14.4 Å². The molecule has 7 rings (SSSR count). The first kappa shape index (κ1) is 37.8. The quantitative estimate of drug-likeness (QED) is 0.124. The minimum Gasteiger partial charge on any atom is -0.395 e. The molecular formula is C42H44BrFN4O5Si. The number of nitrogens with zero attached hydrogens (tertiary/aromatic N) is 4. The topological polar surface area (TPSA) is 103 Å². The van der Waals surface area contributed by atoms with E-state index in [-0.39, 0.29) is 43.8 Å². The van der Waals surface area contributed by atoms with Gasteiger partial charge in [-0.1, -0.05) is 95.7 Å². The molecule has 0 bridgehead atoms. The molecule has 1 N–H and O–H groups in total. The van der Waals surface area contributed by atoms with Gasteiger partial charge in [0.25, 0.3) is 5.91 Å². The second-order valence-electron chi connectivity index (χ2n) is 14.8. The summed E-state index contributed by atoms with van der Waals surface area (Å²) in [6, 6.07) is 32.4. The van der Waals surface area contributed by atoms with Gasteiger partial charge in [-0.15, -0.1) is 0 Å². The molecule has 4 aromatic carbocycles. The van der Waals surface area contributed by atoms with Crippen molar-refractivity contribution in [2.45, 2.75) is 69.6 Å². The van der Waals surface area contributed by atoms with Crippen LogP contribution < -0.4 is 9.91 Å². The lowest BCUT2D eigenvalue weighted by Gasteiger charge is -2.31. The zero-order valence-electron chi connectivity index (χ0n) is 30.6. The Morgan fingerprint density at radius 2 is 1.67 bits per heavy atom. The predicted molar refractivity (Wildman–Crippen MR) is 213 cm³/mol. The van der Waals surface area contributed by atoms with E-state index in [9.17, 15) is 19.5 Å². The summed E-state index contributed by atoms with van der Waals surface area (Å²) in [5, 5.41) is 16.0. The van der Waals surface area contributed by atoms with Crippen LogP contribution in [0.25, 0.3) is 0 Å². The minimum absolute atomic E-state index is 0.0903. The Morgan fingerprint density at radius 1 is 0.981 bits per heavy atom. The van der Waals surface area contributed by atoms with Gasteiger partial charge in [0.1, 0.15) is 0 Å². The van der Waals surface area contributed by atoms with Gasteiger partial charge < -0.3 is 23.8 Å². The minimum atomic E-state index is -3.52. The number of ether oxygens (including phenoxy) is 1. The molecule has 0 aromatic heterocycles. The number of anilines is 2. The number of rotatable bonds is 11. The summed E-state index contributed by atoms with van der Waals surface area (Å²) in [6.45, 7) is 5.51. The summed E-state index contributed by atoms with van der Waals surface area (Å²) in [5.74, 6) is -1.23. The number of benzene rings is 4. The highest BCUT2D eigenvalue weighted by atomic mass is 79.9. The highest BCUT2D eigenvalue weighted by Crippen LogP contribution is 2.60. The number of carbonyl (C=O) groups is 3. The van der Waals surface area contributed by atoms with E-state index < -0.39 is 31.6 Å². The second-order valence-corrected chi connectivity index (χ2v) is 19.5. The standard InChI is InChI=1S/C42H44BrFN4O5Si/c1-28-40(54(2,3)44)37(25-39(51)46(22-23-49)26-29-10-6-4-7-11-29)53-42(28)34-24-32(43)16-20-36(34)47(41(42)52)27-30-14-17-33(18-15-30)48-38(50)21-19-35(45-48)31-12-8-5-9-13-31/h4-18,20,24,28,37,40,49H,19,21-23,25-27H2,1-3H3/t28-,37+,40-,42+/m0/s1. The van der Waals surface area contributed by atoms with E-state index in [4.69, 9.17) is 4.74 Å². The van der Waals surface area contributed by atoms with E-state index in [0.29, 0.717) is 36.3 Å². The third kappa shape index (κ3) is 7.19. The number of aliphatic hydroxyl groups is 1. The zero-order valence-corrected chi connectivity index (χ0v) is 33.2. The Kier molecular flexibility index (Phi) is 10.7. The van der Waals surface area contributed by atoms with E-state index in [1.165, 1.54) is 5.01 Å². The molecule has 3 amide bonds. The van der Waals surface area contributed by atoms with Gasteiger partial charge >= 0.3 is 0 Å². The van der Waals surface area contributed by atoms with Crippen LogP contribution in [0.3, 0.4) is 0 Å². The fraction of sp³-hybridized carbons (Fsp3) is 0.333. The average molecular weight is 812 g/mol. The molecule has 3 aliphatic rings. The molecule has 1 fully saturated rings. The molecule has 1 spiro atoms. The Labute approximate surface area is 324 Å². The molecule has 3 heterocycles. The second kappa shape index (κ2) is 15.3. The van der Waals surface area contributed by atoms with Crippen molar-refractivity contribution >= 4 is 59.1 Å². The van der Waals surface area contributed by atoms with Crippen molar-refractivity contribution in [1.29, 1.82) is 0 Å². The summed E-state index contributed by atoms with van der Waals surface area (Å²) in [6.07, 6.45) is -0.0531. The Hall–Kier alpha value is -4.49. The van der Waals surface area contributed by atoms with Crippen molar-refractivity contribution in [2.24, 2.45) is 11.0 Å². The molecule has 12 heteroatoms. The van der Waals surface area contributed by atoms with E-state index in [1.54, 1.807) is 22.9 Å². The fourth-order valence-corrected chi connectivity index (χ4v) is 11.3. The fourth-order valence-electron chi connectivity index (χ4n) is 8.41. The lowest BCUT2D eigenvalue weighted by Crippen LogP contribution is -2.45. The largest absolute Gasteiger partial charge is 0.395 e. The van der Waals surface area contributed by atoms with Gasteiger partial charge in [-0.25, -0.2) is 5.01 Å². The SMILES string of the molecule is C[C@H]1[C@H]([Si](C)(C)F)[C@@H](CC(=O)N(CCO)Cc2ccccc2)O[C@]12C(=O)N(Cc1ccc(N3N=C(c4ccccc4)CCC3=O)cc1)c1ccc(Br)cc12. The third-order valence-electron chi connectivity index (χ3n) is 10.9. The van der Waals surface area contributed by atoms with E-state index in [0.717, 1.165) is 26.9 Å². The average Bonchev–Trinajstić information content (AvgIpc) is 3.58. The molecule has 4 aromatic rings. The van der Waals surface area contributed by atoms with Gasteiger partial charge in [-0.05, 0) is 60.1 Å². The van der Waals surface area contributed by atoms with Crippen molar-refractivity contribution in [1.82, 2.24) is 4.90 Å². The maximum absolute atomic E-state index is 16.5. The Balaban J connectivity index is 1.16. The highest BCUT2D eigenvalue weighted by molar-refractivity contribution is 9.10. The third-order valence-corrected chi connectivity index (χ3v) is 13.8. The lowest BCUT2D eigenvalue weighted by atomic mass is 9.82. The van der Waals surface area contributed by atoms with Crippen LogP contribution >= 0.6 is 15.9 Å². The van der Waals surface area contributed by atoms with E-state index >= 15 is 4.11 Å². The van der Waals surface area contributed by atoms with Crippen LogP contribution in [0.5, 0.6) is 0 Å². The highest BCUT2D eigenvalue weighted by Gasteiger charge is 2.67. The maximum Gasteiger partial charge on any atom is 0.264 e. The van der Waals surface area contributed by atoms with Gasteiger partial charge in [0, 0.05) is 47.4 Å². The molecule has 3 aliphatic heterocycles. The first-order chi connectivity index (χ1) is 25.9. The van der Waals surface area contributed by atoms with Gasteiger partial charge in [0.05, 0.1) is 42.8 Å². The smallest absolute Gasteiger partial charge is 0.264 e. The molecule has 280 valence electrons. The molecule has 1 saturated heterocycles. The molecule has 54 heavy (non-hydrogen) atoms. The lowest BCUT2D eigenvalue weighted by molar-refractivity contribution is -0.150. The normalized spacial score (nSPS) is 22.5. The van der Waals surface area contributed by atoms with Crippen LogP contribution in [0.4, 0.5) is 15.5 Å². The summed E-state index contributed by atoms with van der Waals surface area (Å²) in [7, 11) is -3.52. The van der Waals surface area contributed by atoms with E-state index in [2.05, 4.69) is 21.0 Å². The molecule has 0 radical (unpaired) electrons. The molecule has 4 atom stereocenters. The molecule has 9 nitrogen and oxygen atoms in total. The Morgan fingerprint density at radius 3 is 2.33 bits per heavy atom. The van der Waals surface area contributed by atoms with E-state index in [1.807, 2.05) is 110 Å². The predicted octanol–water partition coefficient (Wildman–Crippen LogP) is 7.71. The van der Waals surface area contributed by atoms with Crippen molar-refractivity contribution < 1.29 is 28.3 Å². The van der Waals surface area contributed by atoms with Crippen molar-refractivity contribution in [3.05, 3.63) is 130 Å². The number of halogens is 2. The number of carbonyl (C=O) groups excluding carboxylic acids is 3. The summed E-state index contributed by atoms with van der Waals surface area (Å²) in [5.41, 5.74) is 3.33. The maximum atomic E-state index is 16.5. The number of amides is 3. The van der Waals surface area contributed by atoms with Crippen molar-refractivity contribution in [3.63, 3.8) is 0 Å². The Bertz CT molecular complexity index is 2060. The van der Waals surface area contributed by atoms with Gasteiger partial charge in [0.2, 0.25) is 20.2 Å². The zero-order chi connectivity index (χ0) is 38.2. The van der Waals surface area contributed by atoms with Crippen LogP contribution in [-0.4, -0.2) is 61.1 Å². The van der Waals surface area contributed by atoms with Crippen LogP contribution in [0, 0.1) is 5.92 Å². The van der Waals surface area contributed by atoms with Gasteiger partial charge in [0.15, 0.2) is 5.60 Å². The number of aliphatic hydroxyl groups excluding tert-OH is 1.